The van der Waals surface area contributed by atoms with Crippen LogP contribution < -0.4 is 4.89 Å². The van der Waals surface area contributed by atoms with Crippen molar-refractivity contribution in [2.75, 3.05) is 47.5 Å². The molecule has 0 rings (SSSR count). The van der Waals surface area contributed by atoms with Gasteiger partial charge in [0.25, 0.3) is 7.82 Å². The van der Waals surface area contributed by atoms with Gasteiger partial charge in [-0.2, -0.15) is 0 Å². The highest BCUT2D eigenvalue weighted by molar-refractivity contribution is 7.45. The summed E-state index contributed by atoms with van der Waals surface area (Å²) in [5.41, 5.74) is 0. The minimum atomic E-state index is -4.63. The molecule has 0 aromatic rings. The summed E-state index contributed by atoms with van der Waals surface area (Å²) in [6, 6.07) is 0. The largest absolute Gasteiger partial charge is 0.756 e. The van der Waals surface area contributed by atoms with Gasteiger partial charge in [-0.15, -0.1) is 0 Å². The second kappa shape index (κ2) is 59.6. The van der Waals surface area contributed by atoms with Crippen molar-refractivity contribution in [2.45, 2.75) is 373 Å². The van der Waals surface area contributed by atoms with Crippen LogP contribution in [0.5, 0.6) is 0 Å². The molecule has 0 spiro atoms. The normalized spacial score (nSPS) is 13.1. The highest BCUT2D eigenvalue weighted by Crippen LogP contribution is 2.38. The van der Waals surface area contributed by atoms with Crippen molar-refractivity contribution in [3.8, 4) is 0 Å². The third-order valence-electron chi connectivity index (χ3n) is 15.9. The Hall–Kier alpha value is -0.990. The second-order valence-electron chi connectivity index (χ2n) is 24.9. The van der Waals surface area contributed by atoms with E-state index >= 15 is 0 Å². The zero-order valence-corrected chi connectivity index (χ0v) is 53.4. The highest BCUT2D eigenvalue weighted by Gasteiger charge is 2.22. The van der Waals surface area contributed by atoms with E-state index in [2.05, 4.69) is 13.8 Å². The third kappa shape index (κ3) is 64.1. The Labute approximate surface area is 480 Å². The molecule has 0 saturated carbocycles. The van der Waals surface area contributed by atoms with Gasteiger partial charge in [0.2, 0.25) is 0 Å². The van der Waals surface area contributed by atoms with E-state index in [-0.39, 0.29) is 32.0 Å². The van der Waals surface area contributed by atoms with Crippen LogP contribution >= 0.6 is 7.82 Å². The van der Waals surface area contributed by atoms with Crippen molar-refractivity contribution in [3.63, 3.8) is 0 Å². The molecule has 0 N–H and O–H groups in total. The van der Waals surface area contributed by atoms with Crippen molar-refractivity contribution in [2.24, 2.45) is 0 Å². The van der Waals surface area contributed by atoms with Crippen LogP contribution in [0, 0.1) is 0 Å². The van der Waals surface area contributed by atoms with Gasteiger partial charge in [-0.25, -0.2) is 0 Å². The van der Waals surface area contributed by atoms with E-state index in [1.54, 1.807) is 0 Å². The van der Waals surface area contributed by atoms with Crippen LogP contribution in [0.1, 0.15) is 367 Å². The first kappa shape index (κ1) is 76.0. The van der Waals surface area contributed by atoms with Crippen molar-refractivity contribution < 1.29 is 42.1 Å². The van der Waals surface area contributed by atoms with E-state index < -0.39 is 26.5 Å². The molecular formula is C67H134NO8P. The minimum absolute atomic E-state index is 0.0248. The predicted molar refractivity (Wildman–Crippen MR) is 329 cm³/mol. The fourth-order valence-electron chi connectivity index (χ4n) is 10.6. The lowest BCUT2D eigenvalue weighted by molar-refractivity contribution is -0.870. The van der Waals surface area contributed by atoms with Gasteiger partial charge in [0.15, 0.2) is 6.10 Å². The number of likely N-dealkylation sites (N-methyl/N-ethyl adjacent to an activating group) is 1. The van der Waals surface area contributed by atoms with E-state index in [0.717, 1.165) is 32.1 Å². The smallest absolute Gasteiger partial charge is 0.306 e. The molecule has 0 saturated heterocycles. The first-order chi connectivity index (χ1) is 37.5. The van der Waals surface area contributed by atoms with Crippen LogP contribution in [0.15, 0.2) is 0 Å². The number of carbonyl (C=O) groups excluding carboxylic acids is 2. The molecule has 0 aromatic carbocycles. The number of carbonyl (C=O) groups is 2. The summed E-state index contributed by atoms with van der Waals surface area (Å²) < 4.78 is 34.3. The Kier molecular flexibility index (Phi) is 58.9. The molecule has 0 amide bonds. The molecule has 0 aliphatic heterocycles. The molecule has 460 valence electrons. The van der Waals surface area contributed by atoms with E-state index in [9.17, 15) is 19.0 Å². The maximum atomic E-state index is 12.8. The van der Waals surface area contributed by atoms with Gasteiger partial charge in [0, 0.05) is 12.8 Å². The topological polar surface area (TPSA) is 111 Å². The van der Waals surface area contributed by atoms with Gasteiger partial charge in [-0.05, 0) is 12.8 Å². The van der Waals surface area contributed by atoms with Gasteiger partial charge >= 0.3 is 11.9 Å². The summed E-state index contributed by atoms with van der Waals surface area (Å²) in [6.45, 7) is 4.34. The Morgan fingerprint density at radius 1 is 0.351 bits per heavy atom. The van der Waals surface area contributed by atoms with Crippen LogP contribution in [0.25, 0.3) is 0 Å². The van der Waals surface area contributed by atoms with Gasteiger partial charge in [0.1, 0.15) is 19.8 Å². The number of quaternary nitrogens is 1. The molecule has 10 heteroatoms. The fourth-order valence-corrected chi connectivity index (χ4v) is 11.3. The Morgan fingerprint density at radius 3 is 0.831 bits per heavy atom. The quantitative estimate of drug-likeness (QED) is 0.0256. The minimum Gasteiger partial charge on any atom is -0.756 e. The lowest BCUT2D eigenvalue weighted by Gasteiger charge is -2.28. The number of phosphoric ester groups is 1. The van der Waals surface area contributed by atoms with Crippen LogP contribution in [0.3, 0.4) is 0 Å². The monoisotopic (exact) mass is 1110 g/mol. The molecule has 77 heavy (non-hydrogen) atoms. The summed E-state index contributed by atoms with van der Waals surface area (Å²) in [5, 5.41) is 0. The molecular weight excluding hydrogens is 978 g/mol. The zero-order valence-electron chi connectivity index (χ0n) is 52.5. The van der Waals surface area contributed by atoms with Crippen molar-refractivity contribution in [1.29, 1.82) is 0 Å². The van der Waals surface area contributed by atoms with Crippen molar-refractivity contribution in [1.82, 2.24) is 0 Å². The maximum absolute atomic E-state index is 12.8. The summed E-state index contributed by atoms with van der Waals surface area (Å²) in [4.78, 5) is 38.0. The number of hydrogen-bond acceptors (Lipinski definition) is 8. The Bertz CT molecular complexity index is 1260. The molecule has 2 unspecified atom stereocenters. The van der Waals surface area contributed by atoms with E-state index in [1.807, 2.05) is 21.1 Å². The average molecular weight is 1110 g/mol. The molecule has 0 fully saturated rings. The number of ether oxygens (including phenoxy) is 2. The first-order valence-electron chi connectivity index (χ1n) is 34.2. The molecule has 0 aromatic heterocycles. The van der Waals surface area contributed by atoms with Crippen LogP contribution in [-0.2, 0) is 32.7 Å². The average Bonchev–Trinajstić information content (AvgIpc) is 3.39. The summed E-state index contributed by atoms with van der Waals surface area (Å²) in [6.07, 6.45) is 70.4. The van der Waals surface area contributed by atoms with Gasteiger partial charge in [-0.3, -0.25) is 14.2 Å². The molecule has 0 radical (unpaired) electrons. The predicted octanol–water partition coefficient (Wildman–Crippen LogP) is 21.1. The lowest BCUT2D eigenvalue weighted by Crippen LogP contribution is -2.37. The summed E-state index contributed by atoms with van der Waals surface area (Å²) >= 11 is 0. The Balaban J connectivity index is 3.99. The SMILES string of the molecule is CCCCCCCCCCCCCCCCCCCCCCCCCCCCCCCC(=O)OC(COC(=O)CCCCCCCCCCCCCCCCCCCCCCCCCC)COP(=O)([O-])OCC[N+](C)(C)C. The van der Waals surface area contributed by atoms with E-state index in [0.29, 0.717) is 17.4 Å². The fraction of sp³-hybridized carbons (Fsp3) is 0.970. The van der Waals surface area contributed by atoms with Crippen molar-refractivity contribution in [3.05, 3.63) is 0 Å². The van der Waals surface area contributed by atoms with Crippen LogP contribution in [-0.4, -0.2) is 70.0 Å². The number of unbranched alkanes of at least 4 members (excludes halogenated alkanes) is 51. The first-order valence-corrected chi connectivity index (χ1v) is 35.7. The number of nitrogens with zero attached hydrogens (tertiary/aromatic N) is 1. The third-order valence-corrected chi connectivity index (χ3v) is 16.8. The Morgan fingerprint density at radius 2 is 0.584 bits per heavy atom. The van der Waals surface area contributed by atoms with Crippen LogP contribution in [0.4, 0.5) is 0 Å². The number of hydrogen-bond donors (Lipinski definition) is 0. The van der Waals surface area contributed by atoms with Gasteiger partial charge < -0.3 is 27.9 Å². The maximum Gasteiger partial charge on any atom is 0.306 e. The standard InChI is InChI=1S/C67H134NO8P/c1-6-8-10-12-14-16-18-20-22-24-26-28-30-32-33-34-35-36-38-40-42-44-46-48-50-52-54-56-58-60-67(70)76-65(64-75-77(71,72)74-62-61-68(3,4)5)63-73-66(69)59-57-55-53-51-49-47-45-43-41-39-37-31-29-27-25-23-21-19-17-15-13-11-9-7-2/h65H,6-64H2,1-5H3. The van der Waals surface area contributed by atoms with E-state index in [1.165, 1.54) is 302 Å². The number of phosphoric acid groups is 1. The summed E-state index contributed by atoms with van der Waals surface area (Å²) in [7, 11) is 1.20. The number of esters is 2. The summed E-state index contributed by atoms with van der Waals surface area (Å²) in [5.74, 6) is -0.804. The zero-order chi connectivity index (χ0) is 56.3. The molecule has 0 heterocycles. The molecule has 9 nitrogen and oxygen atoms in total. The second-order valence-corrected chi connectivity index (χ2v) is 26.3. The van der Waals surface area contributed by atoms with Gasteiger partial charge in [-0.1, -0.05) is 341 Å². The molecule has 0 aliphatic carbocycles. The molecule has 2 atom stereocenters. The molecule has 0 bridgehead atoms. The van der Waals surface area contributed by atoms with Crippen molar-refractivity contribution >= 4 is 19.8 Å². The highest BCUT2D eigenvalue weighted by atomic mass is 31.2. The number of rotatable bonds is 65. The lowest BCUT2D eigenvalue weighted by atomic mass is 10.0. The molecule has 0 aliphatic rings. The van der Waals surface area contributed by atoms with E-state index in [4.69, 9.17) is 18.5 Å². The van der Waals surface area contributed by atoms with Gasteiger partial charge in [0.05, 0.1) is 27.7 Å². The van der Waals surface area contributed by atoms with Crippen LogP contribution in [0.2, 0.25) is 0 Å².